The zero-order valence-corrected chi connectivity index (χ0v) is 7.82. The van der Waals surface area contributed by atoms with Crippen molar-refractivity contribution in [2.45, 2.75) is 13.5 Å². The van der Waals surface area contributed by atoms with Crippen LogP contribution in [-0.4, -0.2) is 25.2 Å². The molecular formula is C6H8N6S. The van der Waals surface area contributed by atoms with Gasteiger partial charge in [0, 0.05) is 11.1 Å². The van der Waals surface area contributed by atoms with E-state index in [0.29, 0.717) is 12.5 Å². The van der Waals surface area contributed by atoms with Crippen LogP contribution in [0.25, 0.3) is 0 Å². The second-order valence-corrected chi connectivity index (χ2v) is 3.86. The van der Waals surface area contributed by atoms with Gasteiger partial charge < -0.3 is 5.73 Å². The average molecular weight is 196 g/mol. The summed E-state index contributed by atoms with van der Waals surface area (Å²) in [5, 5.41) is 11.8. The highest BCUT2D eigenvalue weighted by Gasteiger charge is 2.04. The maximum absolute atomic E-state index is 5.51. The molecule has 0 saturated carbocycles. The Hall–Kier alpha value is -1.50. The molecule has 0 aromatic carbocycles. The minimum absolute atomic E-state index is 0.325. The third-order valence-electron chi connectivity index (χ3n) is 1.53. The average Bonchev–Trinajstić information content (AvgIpc) is 2.64. The van der Waals surface area contributed by atoms with Gasteiger partial charge in [-0.2, -0.15) is 0 Å². The Morgan fingerprint density at radius 1 is 1.62 bits per heavy atom. The number of aryl methyl sites for hydroxylation is 1. The van der Waals surface area contributed by atoms with Gasteiger partial charge >= 0.3 is 0 Å². The van der Waals surface area contributed by atoms with Crippen LogP contribution < -0.4 is 5.73 Å². The highest BCUT2D eigenvalue weighted by molar-refractivity contribution is 7.11. The molecule has 2 aromatic rings. The Labute approximate surface area is 78.4 Å². The Kier molecular flexibility index (Phi) is 1.93. The SMILES string of the molecule is Cc1ncc(Cn2nnnc2N)s1. The van der Waals surface area contributed by atoms with Crippen LogP contribution in [0.5, 0.6) is 0 Å². The standard InChI is InChI=1S/C6H8N6S/c1-4-8-2-5(13-4)3-12-6(7)9-10-11-12/h2H,3H2,1H3,(H2,7,9,11). The van der Waals surface area contributed by atoms with E-state index in [2.05, 4.69) is 20.5 Å². The van der Waals surface area contributed by atoms with E-state index in [1.54, 1.807) is 17.5 Å². The molecule has 0 aliphatic heterocycles. The minimum Gasteiger partial charge on any atom is -0.367 e. The van der Waals surface area contributed by atoms with E-state index in [1.807, 2.05) is 6.92 Å². The zero-order chi connectivity index (χ0) is 9.26. The predicted molar refractivity (Wildman–Crippen MR) is 48.2 cm³/mol. The highest BCUT2D eigenvalue weighted by atomic mass is 32.1. The van der Waals surface area contributed by atoms with Gasteiger partial charge in [-0.15, -0.1) is 11.3 Å². The first kappa shape index (κ1) is 8.11. The van der Waals surface area contributed by atoms with Crippen LogP contribution in [0.4, 0.5) is 5.95 Å². The summed E-state index contributed by atoms with van der Waals surface area (Å²) in [5.74, 6) is 0.325. The van der Waals surface area contributed by atoms with Gasteiger partial charge in [0.1, 0.15) is 0 Å². The van der Waals surface area contributed by atoms with Crippen LogP contribution in [0.1, 0.15) is 9.88 Å². The summed E-state index contributed by atoms with van der Waals surface area (Å²) >= 11 is 1.61. The number of hydrogen-bond donors (Lipinski definition) is 1. The summed E-state index contributed by atoms with van der Waals surface area (Å²) in [6, 6.07) is 0. The van der Waals surface area contributed by atoms with E-state index in [9.17, 15) is 0 Å². The first-order chi connectivity index (χ1) is 6.25. The van der Waals surface area contributed by atoms with Crippen LogP contribution in [0.15, 0.2) is 6.20 Å². The smallest absolute Gasteiger partial charge is 0.240 e. The molecule has 0 aliphatic rings. The summed E-state index contributed by atoms with van der Waals surface area (Å²) in [4.78, 5) is 5.22. The maximum Gasteiger partial charge on any atom is 0.240 e. The molecular weight excluding hydrogens is 188 g/mol. The molecule has 0 saturated heterocycles. The number of aromatic nitrogens is 5. The van der Waals surface area contributed by atoms with Gasteiger partial charge in [-0.25, -0.2) is 9.67 Å². The van der Waals surface area contributed by atoms with Crippen molar-refractivity contribution in [2.75, 3.05) is 5.73 Å². The lowest BCUT2D eigenvalue weighted by Gasteiger charge is -1.95. The van der Waals surface area contributed by atoms with Crippen molar-refractivity contribution in [1.82, 2.24) is 25.2 Å². The lowest BCUT2D eigenvalue weighted by molar-refractivity contribution is 0.660. The minimum atomic E-state index is 0.325. The summed E-state index contributed by atoms with van der Waals surface area (Å²) in [6.45, 7) is 2.54. The van der Waals surface area contributed by atoms with Crippen molar-refractivity contribution in [2.24, 2.45) is 0 Å². The Bertz CT molecular complexity index is 405. The normalized spacial score (nSPS) is 10.5. The van der Waals surface area contributed by atoms with E-state index in [1.165, 1.54) is 4.68 Å². The summed E-state index contributed by atoms with van der Waals surface area (Å²) in [6.07, 6.45) is 1.81. The molecule has 2 aromatic heterocycles. The highest BCUT2D eigenvalue weighted by Crippen LogP contribution is 2.13. The molecule has 2 rings (SSSR count). The first-order valence-electron chi connectivity index (χ1n) is 3.68. The van der Waals surface area contributed by atoms with Crippen molar-refractivity contribution in [3.8, 4) is 0 Å². The van der Waals surface area contributed by atoms with Crippen LogP contribution >= 0.6 is 11.3 Å². The largest absolute Gasteiger partial charge is 0.367 e. The van der Waals surface area contributed by atoms with Gasteiger partial charge in [-0.05, 0) is 17.4 Å². The summed E-state index contributed by atoms with van der Waals surface area (Å²) in [7, 11) is 0. The van der Waals surface area contributed by atoms with E-state index < -0.39 is 0 Å². The molecule has 68 valence electrons. The summed E-state index contributed by atoms with van der Waals surface area (Å²) in [5.41, 5.74) is 5.51. The second-order valence-electron chi connectivity index (χ2n) is 2.54. The second kappa shape index (κ2) is 3.09. The lowest BCUT2D eigenvalue weighted by Crippen LogP contribution is -2.05. The molecule has 0 atom stereocenters. The third kappa shape index (κ3) is 1.64. The van der Waals surface area contributed by atoms with Crippen molar-refractivity contribution >= 4 is 17.3 Å². The fourth-order valence-corrected chi connectivity index (χ4v) is 1.73. The predicted octanol–water partition coefficient (Wildman–Crippen LogP) is 0.0685. The first-order valence-corrected chi connectivity index (χ1v) is 4.50. The zero-order valence-electron chi connectivity index (χ0n) is 7.01. The Balaban J connectivity index is 2.19. The van der Waals surface area contributed by atoms with Crippen molar-refractivity contribution in [3.05, 3.63) is 16.1 Å². The molecule has 6 nitrogen and oxygen atoms in total. The van der Waals surface area contributed by atoms with E-state index in [4.69, 9.17) is 5.73 Å². The van der Waals surface area contributed by atoms with Crippen LogP contribution in [0, 0.1) is 6.92 Å². The third-order valence-corrected chi connectivity index (χ3v) is 2.43. The van der Waals surface area contributed by atoms with Gasteiger partial charge in [0.25, 0.3) is 0 Å². The van der Waals surface area contributed by atoms with Crippen LogP contribution in [0.2, 0.25) is 0 Å². The quantitative estimate of drug-likeness (QED) is 0.734. The number of hydrogen-bond acceptors (Lipinski definition) is 6. The van der Waals surface area contributed by atoms with Gasteiger partial charge in [-0.1, -0.05) is 5.10 Å². The number of tetrazole rings is 1. The van der Waals surface area contributed by atoms with E-state index in [-0.39, 0.29) is 0 Å². The molecule has 7 heteroatoms. The maximum atomic E-state index is 5.51. The van der Waals surface area contributed by atoms with Crippen LogP contribution in [0.3, 0.4) is 0 Å². The van der Waals surface area contributed by atoms with Crippen LogP contribution in [-0.2, 0) is 6.54 Å². The molecule has 13 heavy (non-hydrogen) atoms. The molecule has 0 amide bonds. The summed E-state index contributed by atoms with van der Waals surface area (Å²) < 4.78 is 1.53. The van der Waals surface area contributed by atoms with Crippen molar-refractivity contribution < 1.29 is 0 Å². The molecule has 0 radical (unpaired) electrons. The Morgan fingerprint density at radius 2 is 2.46 bits per heavy atom. The van der Waals surface area contributed by atoms with Gasteiger partial charge in [-0.3, -0.25) is 0 Å². The van der Waals surface area contributed by atoms with Gasteiger partial charge in [0.05, 0.1) is 11.6 Å². The van der Waals surface area contributed by atoms with Gasteiger partial charge in [0.2, 0.25) is 5.95 Å². The molecule has 0 spiro atoms. The number of nitrogen functional groups attached to an aromatic ring is 1. The molecule has 0 unspecified atom stereocenters. The monoisotopic (exact) mass is 196 g/mol. The van der Waals surface area contributed by atoms with Gasteiger partial charge in [0.15, 0.2) is 0 Å². The number of anilines is 1. The Morgan fingerprint density at radius 3 is 3.00 bits per heavy atom. The number of nitrogens with zero attached hydrogens (tertiary/aromatic N) is 5. The number of rotatable bonds is 2. The van der Waals surface area contributed by atoms with Crippen molar-refractivity contribution in [3.63, 3.8) is 0 Å². The lowest BCUT2D eigenvalue weighted by atomic mass is 10.5. The molecule has 2 N–H and O–H groups in total. The number of nitrogens with two attached hydrogens (primary N) is 1. The van der Waals surface area contributed by atoms with E-state index in [0.717, 1.165) is 9.88 Å². The fourth-order valence-electron chi connectivity index (χ4n) is 0.950. The van der Waals surface area contributed by atoms with Crippen molar-refractivity contribution in [1.29, 1.82) is 0 Å². The molecule has 2 heterocycles. The molecule has 0 bridgehead atoms. The number of thiazole rings is 1. The topological polar surface area (TPSA) is 82.5 Å². The fraction of sp³-hybridized carbons (Fsp3) is 0.333. The van der Waals surface area contributed by atoms with E-state index >= 15 is 0 Å². The molecule has 0 aliphatic carbocycles. The molecule has 0 fully saturated rings.